The second kappa shape index (κ2) is 9.91. The van der Waals surface area contributed by atoms with Gasteiger partial charge in [0.15, 0.2) is 6.61 Å². The first-order valence-electron chi connectivity index (χ1n) is 9.63. The predicted molar refractivity (Wildman–Crippen MR) is 110 cm³/mol. The van der Waals surface area contributed by atoms with Gasteiger partial charge in [-0.15, -0.1) is 0 Å². The van der Waals surface area contributed by atoms with Gasteiger partial charge in [0, 0.05) is 18.2 Å². The van der Waals surface area contributed by atoms with Crippen LogP contribution in [0.5, 0.6) is 11.5 Å². The van der Waals surface area contributed by atoms with E-state index in [1.165, 1.54) is 24.3 Å². The number of likely N-dealkylation sites (tertiary alicyclic amines) is 1. The maximum Gasteiger partial charge on any atom is 0.331 e. The van der Waals surface area contributed by atoms with Crippen LogP contribution in [0, 0.1) is 5.82 Å². The molecule has 158 valence electrons. The lowest BCUT2D eigenvalue weighted by molar-refractivity contribution is -0.148. The summed E-state index contributed by atoms with van der Waals surface area (Å²) in [7, 11) is 3.17. The quantitative estimate of drug-likeness (QED) is 0.511. The predicted octanol–water partition coefficient (Wildman–Crippen LogP) is 3.76. The van der Waals surface area contributed by atoms with Gasteiger partial charge in [0.05, 0.1) is 20.3 Å². The normalized spacial score (nSPS) is 16.0. The van der Waals surface area contributed by atoms with Crippen LogP contribution < -0.4 is 9.47 Å². The van der Waals surface area contributed by atoms with Gasteiger partial charge in [0.25, 0.3) is 5.91 Å². The monoisotopic (exact) mass is 413 g/mol. The van der Waals surface area contributed by atoms with Crippen molar-refractivity contribution < 1.29 is 28.2 Å². The van der Waals surface area contributed by atoms with E-state index in [0.717, 1.165) is 18.4 Å². The largest absolute Gasteiger partial charge is 0.497 e. The first-order valence-corrected chi connectivity index (χ1v) is 9.63. The zero-order valence-corrected chi connectivity index (χ0v) is 17.0. The number of ether oxygens (including phenoxy) is 3. The Kier molecular flexibility index (Phi) is 7.06. The summed E-state index contributed by atoms with van der Waals surface area (Å²) in [6.07, 6.45) is 4.35. The number of hydrogen-bond acceptors (Lipinski definition) is 5. The molecule has 1 fully saturated rings. The lowest BCUT2D eigenvalue weighted by Gasteiger charge is -2.26. The minimum absolute atomic E-state index is 0.170. The van der Waals surface area contributed by atoms with E-state index in [2.05, 4.69) is 0 Å². The molecule has 0 N–H and O–H groups in total. The molecule has 7 heteroatoms. The number of benzene rings is 2. The second-order valence-corrected chi connectivity index (χ2v) is 6.85. The average Bonchev–Trinajstić information content (AvgIpc) is 3.26. The van der Waals surface area contributed by atoms with E-state index < -0.39 is 5.97 Å². The van der Waals surface area contributed by atoms with Gasteiger partial charge in [0.2, 0.25) is 0 Å². The zero-order valence-electron chi connectivity index (χ0n) is 17.0. The molecule has 1 amide bonds. The molecule has 0 spiro atoms. The molecule has 0 radical (unpaired) electrons. The van der Waals surface area contributed by atoms with Crippen LogP contribution in [0.25, 0.3) is 6.08 Å². The SMILES string of the molecule is COc1ccc(OC)c([C@H]2CCCN2C(=O)COC(=O)/C=C/c2ccc(F)cc2)c1. The molecule has 0 aliphatic carbocycles. The molecule has 6 nitrogen and oxygen atoms in total. The maximum absolute atomic E-state index is 12.9. The van der Waals surface area contributed by atoms with Gasteiger partial charge in [-0.2, -0.15) is 0 Å². The van der Waals surface area contributed by atoms with Gasteiger partial charge in [0.1, 0.15) is 17.3 Å². The molecule has 1 atom stereocenters. The molecule has 3 rings (SSSR count). The summed E-state index contributed by atoms with van der Waals surface area (Å²) in [4.78, 5) is 26.4. The van der Waals surface area contributed by atoms with Crippen LogP contribution in [-0.4, -0.2) is 44.1 Å². The molecule has 30 heavy (non-hydrogen) atoms. The number of carbonyl (C=O) groups excluding carboxylic acids is 2. The molecule has 2 aromatic rings. The second-order valence-electron chi connectivity index (χ2n) is 6.85. The minimum atomic E-state index is -0.637. The number of methoxy groups -OCH3 is 2. The molecule has 0 aromatic heterocycles. The Labute approximate surface area is 174 Å². The highest BCUT2D eigenvalue weighted by Crippen LogP contribution is 2.38. The van der Waals surface area contributed by atoms with Crippen molar-refractivity contribution in [2.24, 2.45) is 0 Å². The fourth-order valence-electron chi connectivity index (χ4n) is 3.49. The van der Waals surface area contributed by atoms with E-state index in [-0.39, 0.29) is 24.4 Å². The summed E-state index contributed by atoms with van der Waals surface area (Å²) < 4.78 is 28.8. The standard InChI is InChI=1S/C23H24FNO5/c1-28-18-10-11-21(29-2)19(14-18)20-4-3-13-25(20)22(26)15-30-23(27)12-7-16-5-8-17(24)9-6-16/h5-12,14,20H,3-4,13,15H2,1-2H3/b12-7+/t20-/m1/s1. The van der Waals surface area contributed by atoms with Gasteiger partial charge in [-0.1, -0.05) is 12.1 Å². The highest BCUT2D eigenvalue weighted by molar-refractivity contribution is 5.89. The van der Waals surface area contributed by atoms with Crippen LogP contribution in [0.4, 0.5) is 4.39 Å². The Balaban J connectivity index is 1.62. The lowest BCUT2D eigenvalue weighted by atomic mass is 10.0. The van der Waals surface area contributed by atoms with Crippen LogP contribution in [0.1, 0.15) is 30.0 Å². The summed E-state index contributed by atoms with van der Waals surface area (Å²) in [6, 6.07) is 11.0. The summed E-state index contributed by atoms with van der Waals surface area (Å²) in [5.41, 5.74) is 1.52. The van der Waals surface area contributed by atoms with Gasteiger partial charge in [-0.05, 0) is 54.8 Å². The fourth-order valence-corrected chi connectivity index (χ4v) is 3.49. The van der Waals surface area contributed by atoms with Crippen molar-refractivity contribution in [2.45, 2.75) is 18.9 Å². The highest BCUT2D eigenvalue weighted by Gasteiger charge is 2.32. The van der Waals surface area contributed by atoms with Gasteiger partial charge < -0.3 is 19.1 Å². The number of nitrogens with zero attached hydrogens (tertiary/aromatic N) is 1. The Bertz CT molecular complexity index is 926. The fraction of sp³-hybridized carbons (Fsp3) is 0.304. The van der Waals surface area contributed by atoms with Crippen molar-refractivity contribution in [3.63, 3.8) is 0 Å². The molecular formula is C23H24FNO5. The topological polar surface area (TPSA) is 65.1 Å². The van der Waals surface area contributed by atoms with E-state index in [0.29, 0.717) is 23.6 Å². The van der Waals surface area contributed by atoms with Crippen molar-refractivity contribution in [3.05, 3.63) is 65.5 Å². The molecule has 2 aromatic carbocycles. The molecule has 1 aliphatic rings. The van der Waals surface area contributed by atoms with E-state index >= 15 is 0 Å². The summed E-state index contributed by atoms with van der Waals surface area (Å²) in [5.74, 6) is 0.101. The number of hydrogen-bond donors (Lipinski definition) is 0. The number of halogens is 1. The van der Waals surface area contributed by atoms with E-state index in [9.17, 15) is 14.0 Å². The average molecular weight is 413 g/mol. The third-order valence-electron chi connectivity index (χ3n) is 4.99. The van der Waals surface area contributed by atoms with E-state index in [1.54, 1.807) is 37.3 Å². The zero-order chi connectivity index (χ0) is 21.5. The smallest absolute Gasteiger partial charge is 0.331 e. The number of rotatable bonds is 7. The third-order valence-corrected chi connectivity index (χ3v) is 4.99. The van der Waals surface area contributed by atoms with Crippen molar-refractivity contribution in [1.29, 1.82) is 0 Å². The number of carbonyl (C=O) groups is 2. The number of esters is 1. The highest BCUT2D eigenvalue weighted by atomic mass is 19.1. The van der Waals surface area contributed by atoms with Crippen molar-refractivity contribution >= 4 is 18.0 Å². The molecule has 1 saturated heterocycles. The first-order chi connectivity index (χ1) is 14.5. The van der Waals surface area contributed by atoms with Gasteiger partial charge in [-0.25, -0.2) is 9.18 Å². The maximum atomic E-state index is 12.9. The van der Waals surface area contributed by atoms with Crippen LogP contribution in [0.3, 0.4) is 0 Å². The third kappa shape index (κ3) is 5.17. The minimum Gasteiger partial charge on any atom is -0.497 e. The Hall–Kier alpha value is -3.35. The lowest BCUT2D eigenvalue weighted by Crippen LogP contribution is -2.34. The Morgan fingerprint density at radius 3 is 2.60 bits per heavy atom. The summed E-state index contributed by atoms with van der Waals surface area (Å²) in [6.45, 7) is 0.224. The van der Waals surface area contributed by atoms with Crippen LogP contribution in [0.2, 0.25) is 0 Å². The number of amides is 1. The summed E-state index contributed by atoms with van der Waals surface area (Å²) in [5, 5.41) is 0. The molecule has 1 aliphatic heterocycles. The van der Waals surface area contributed by atoms with Crippen LogP contribution in [-0.2, 0) is 14.3 Å². The molecule has 0 saturated carbocycles. The van der Waals surface area contributed by atoms with Crippen LogP contribution in [0.15, 0.2) is 48.5 Å². The van der Waals surface area contributed by atoms with Crippen molar-refractivity contribution in [2.75, 3.05) is 27.4 Å². The Morgan fingerprint density at radius 2 is 1.90 bits per heavy atom. The molecule has 0 bridgehead atoms. The summed E-state index contributed by atoms with van der Waals surface area (Å²) >= 11 is 0. The van der Waals surface area contributed by atoms with E-state index in [1.807, 2.05) is 12.1 Å². The van der Waals surface area contributed by atoms with E-state index in [4.69, 9.17) is 14.2 Å². The van der Waals surface area contributed by atoms with Gasteiger partial charge >= 0.3 is 5.97 Å². The van der Waals surface area contributed by atoms with Gasteiger partial charge in [-0.3, -0.25) is 4.79 Å². The van der Waals surface area contributed by atoms with Crippen molar-refractivity contribution in [1.82, 2.24) is 4.90 Å². The molecule has 1 heterocycles. The first kappa shape index (κ1) is 21.4. The Morgan fingerprint density at radius 1 is 1.13 bits per heavy atom. The molecule has 0 unspecified atom stereocenters. The van der Waals surface area contributed by atoms with Crippen LogP contribution >= 0.6 is 0 Å². The van der Waals surface area contributed by atoms with Crippen molar-refractivity contribution in [3.8, 4) is 11.5 Å². The molecular weight excluding hydrogens is 389 g/mol.